The number of rotatable bonds is 6. The van der Waals surface area contributed by atoms with Crippen LogP contribution in [0.25, 0.3) is 0 Å². The van der Waals surface area contributed by atoms with Gasteiger partial charge in [-0.1, -0.05) is 26.2 Å². The van der Waals surface area contributed by atoms with Gasteiger partial charge in [-0.15, -0.1) is 11.3 Å². The molecule has 1 aliphatic rings. The number of hydrogen-bond donors (Lipinski definition) is 2. The maximum absolute atomic E-state index is 11.8. The zero-order valence-electron chi connectivity index (χ0n) is 15.1. The van der Waals surface area contributed by atoms with Crippen molar-refractivity contribution in [2.45, 2.75) is 58.0 Å². The van der Waals surface area contributed by atoms with Gasteiger partial charge in [0.1, 0.15) is 6.54 Å². The number of aliphatic imine (C=N–C) groups is 1. The summed E-state index contributed by atoms with van der Waals surface area (Å²) in [6.45, 7) is 3.10. The maximum atomic E-state index is 11.8. The van der Waals surface area contributed by atoms with Gasteiger partial charge in [-0.05, 0) is 31.4 Å². The SMILES string of the molecule is CCc1ccc(CNC(=NCC(=O)N(C)C)NC2CCCCC2)s1. The predicted octanol–water partition coefficient (Wildman–Crippen LogP) is 2.77. The molecule has 0 radical (unpaired) electrons. The molecule has 2 rings (SSSR count). The number of aryl methyl sites for hydroxylation is 1. The molecule has 5 nitrogen and oxygen atoms in total. The second-order valence-corrected chi connectivity index (χ2v) is 7.76. The van der Waals surface area contributed by atoms with Gasteiger partial charge in [0.05, 0.1) is 6.54 Å². The molecule has 2 N–H and O–H groups in total. The summed E-state index contributed by atoms with van der Waals surface area (Å²) in [5.74, 6) is 0.771. The molecule has 0 aromatic carbocycles. The Morgan fingerprint density at radius 2 is 1.96 bits per heavy atom. The molecule has 1 heterocycles. The number of nitrogens with zero attached hydrogens (tertiary/aromatic N) is 2. The molecule has 1 fully saturated rings. The highest BCUT2D eigenvalue weighted by atomic mass is 32.1. The van der Waals surface area contributed by atoms with Crippen molar-refractivity contribution in [1.82, 2.24) is 15.5 Å². The number of likely N-dealkylation sites (N-methyl/N-ethyl adjacent to an activating group) is 1. The first-order chi connectivity index (χ1) is 11.6. The van der Waals surface area contributed by atoms with E-state index < -0.39 is 0 Å². The Morgan fingerprint density at radius 1 is 1.25 bits per heavy atom. The zero-order chi connectivity index (χ0) is 17.4. The Labute approximate surface area is 149 Å². The van der Waals surface area contributed by atoms with E-state index in [0.717, 1.165) is 18.9 Å². The van der Waals surface area contributed by atoms with Crippen molar-refractivity contribution in [3.05, 3.63) is 21.9 Å². The van der Waals surface area contributed by atoms with Crippen LogP contribution in [0, 0.1) is 0 Å². The molecule has 1 amide bonds. The summed E-state index contributed by atoms with van der Waals surface area (Å²) in [5.41, 5.74) is 0. The van der Waals surface area contributed by atoms with Crippen LogP contribution >= 0.6 is 11.3 Å². The average molecular weight is 351 g/mol. The minimum absolute atomic E-state index is 0.0177. The van der Waals surface area contributed by atoms with E-state index in [1.54, 1.807) is 19.0 Å². The molecule has 0 atom stereocenters. The lowest BCUT2D eigenvalue weighted by Crippen LogP contribution is -2.44. The van der Waals surface area contributed by atoms with Gasteiger partial charge in [-0.3, -0.25) is 4.79 Å². The largest absolute Gasteiger partial charge is 0.354 e. The zero-order valence-corrected chi connectivity index (χ0v) is 15.9. The highest BCUT2D eigenvalue weighted by Crippen LogP contribution is 2.18. The molecule has 1 aromatic heterocycles. The molecular formula is C18H30N4OS. The molecule has 1 aromatic rings. The van der Waals surface area contributed by atoms with Gasteiger partial charge in [-0.25, -0.2) is 4.99 Å². The third-order valence-corrected chi connectivity index (χ3v) is 5.54. The number of carbonyl (C=O) groups excluding carboxylic acids is 1. The van der Waals surface area contributed by atoms with Crippen LogP contribution in [0.5, 0.6) is 0 Å². The molecule has 0 bridgehead atoms. The summed E-state index contributed by atoms with van der Waals surface area (Å²) in [7, 11) is 3.52. The highest BCUT2D eigenvalue weighted by Gasteiger charge is 2.15. The lowest BCUT2D eigenvalue weighted by molar-refractivity contribution is -0.127. The molecule has 0 saturated heterocycles. The number of nitrogens with one attached hydrogen (secondary N) is 2. The van der Waals surface area contributed by atoms with Gasteiger partial charge in [0.2, 0.25) is 5.91 Å². The number of thiophene rings is 1. The second-order valence-electron chi connectivity index (χ2n) is 6.51. The van der Waals surface area contributed by atoms with E-state index in [4.69, 9.17) is 0 Å². The van der Waals surface area contributed by atoms with Gasteiger partial charge in [0, 0.05) is 29.9 Å². The van der Waals surface area contributed by atoms with E-state index in [-0.39, 0.29) is 12.5 Å². The van der Waals surface area contributed by atoms with Crippen LogP contribution in [-0.4, -0.2) is 43.4 Å². The fourth-order valence-electron chi connectivity index (χ4n) is 2.76. The van der Waals surface area contributed by atoms with Gasteiger partial charge >= 0.3 is 0 Å². The van der Waals surface area contributed by atoms with E-state index in [0.29, 0.717) is 6.04 Å². The minimum Gasteiger partial charge on any atom is -0.354 e. The van der Waals surface area contributed by atoms with Crippen molar-refractivity contribution >= 4 is 23.2 Å². The summed E-state index contributed by atoms with van der Waals surface area (Å²) < 4.78 is 0. The molecule has 0 aliphatic heterocycles. The summed E-state index contributed by atoms with van der Waals surface area (Å²) in [5, 5.41) is 6.91. The van der Waals surface area contributed by atoms with Crippen molar-refractivity contribution in [3.63, 3.8) is 0 Å². The van der Waals surface area contributed by atoms with Crippen LogP contribution in [-0.2, 0) is 17.8 Å². The summed E-state index contributed by atoms with van der Waals surface area (Å²) in [4.78, 5) is 20.6. The summed E-state index contributed by atoms with van der Waals surface area (Å²) in [6.07, 6.45) is 7.30. The topological polar surface area (TPSA) is 56.7 Å². The predicted molar refractivity (Wildman–Crippen MR) is 102 cm³/mol. The maximum Gasteiger partial charge on any atom is 0.243 e. The number of carbonyl (C=O) groups is 1. The lowest BCUT2D eigenvalue weighted by Gasteiger charge is -2.25. The number of amides is 1. The third-order valence-electron chi connectivity index (χ3n) is 4.31. The molecule has 0 spiro atoms. The van der Waals surface area contributed by atoms with Crippen LogP contribution in [0.3, 0.4) is 0 Å². The smallest absolute Gasteiger partial charge is 0.243 e. The van der Waals surface area contributed by atoms with Gasteiger partial charge in [0.15, 0.2) is 5.96 Å². The van der Waals surface area contributed by atoms with Crippen LogP contribution < -0.4 is 10.6 Å². The van der Waals surface area contributed by atoms with Crippen molar-refractivity contribution in [1.29, 1.82) is 0 Å². The fraction of sp³-hybridized carbons (Fsp3) is 0.667. The molecule has 0 unspecified atom stereocenters. The van der Waals surface area contributed by atoms with E-state index in [2.05, 4.69) is 34.7 Å². The number of guanidine groups is 1. The van der Waals surface area contributed by atoms with Crippen LogP contribution in [0.4, 0.5) is 0 Å². The normalized spacial score (nSPS) is 16.0. The van der Waals surface area contributed by atoms with Crippen LogP contribution in [0.1, 0.15) is 48.8 Å². The molecule has 24 heavy (non-hydrogen) atoms. The monoisotopic (exact) mass is 350 g/mol. The van der Waals surface area contributed by atoms with Crippen molar-refractivity contribution in [2.75, 3.05) is 20.6 Å². The molecule has 1 aliphatic carbocycles. The fourth-order valence-corrected chi connectivity index (χ4v) is 3.66. The lowest BCUT2D eigenvalue weighted by atomic mass is 9.96. The average Bonchev–Trinajstić information content (AvgIpc) is 3.06. The van der Waals surface area contributed by atoms with Crippen molar-refractivity contribution < 1.29 is 4.79 Å². The highest BCUT2D eigenvalue weighted by molar-refractivity contribution is 7.11. The quantitative estimate of drug-likeness (QED) is 0.613. The summed E-state index contributed by atoms with van der Waals surface area (Å²) >= 11 is 1.83. The standard InChI is InChI=1S/C18H30N4OS/c1-4-15-10-11-16(24-15)12-19-18(20-13-17(23)22(2)3)21-14-8-6-5-7-9-14/h10-11,14H,4-9,12-13H2,1-3H3,(H2,19,20,21). The van der Waals surface area contributed by atoms with Gasteiger partial charge in [-0.2, -0.15) is 0 Å². The first kappa shape index (κ1) is 18.8. The van der Waals surface area contributed by atoms with Crippen LogP contribution in [0.2, 0.25) is 0 Å². The van der Waals surface area contributed by atoms with E-state index in [1.165, 1.54) is 41.9 Å². The van der Waals surface area contributed by atoms with E-state index in [1.807, 2.05) is 11.3 Å². The Bertz CT molecular complexity index is 547. The molecular weight excluding hydrogens is 320 g/mol. The Hall–Kier alpha value is -1.56. The second kappa shape index (κ2) is 9.67. The minimum atomic E-state index is 0.0177. The van der Waals surface area contributed by atoms with Gasteiger partial charge < -0.3 is 15.5 Å². The number of hydrogen-bond acceptors (Lipinski definition) is 3. The van der Waals surface area contributed by atoms with Crippen molar-refractivity contribution in [3.8, 4) is 0 Å². The molecule has 6 heteroatoms. The first-order valence-electron chi connectivity index (χ1n) is 8.91. The Kier molecular flexibility index (Phi) is 7.56. The van der Waals surface area contributed by atoms with Crippen LogP contribution in [0.15, 0.2) is 17.1 Å². The van der Waals surface area contributed by atoms with Gasteiger partial charge in [0.25, 0.3) is 0 Å². The molecule has 134 valence electrons. The first-order valence-corrected chi connectivity index (χ1v) is 9.72. The van der Waals surface area contributed by atoms with E-state index >= 15 is 0 Å². The van der Waals surface area contributed by atoms with E-state index in [9.17, 15) is 4.79 Å². The van der Waals surface area contributed by atoms with Crippen molar-refractivity contribution in [2.24, 2.45) is 4.99 Å². The third kappa shape index (κ3) is 6.15. The Balaban J connectivity index is 1.94. The Morgan fingerprint density at radius 3 is 2.58 bits per heavy atom. The molecule has 1 saturated carbocycles. The summed E-state index contributed by atoms with van der Waals surface area (Å²) in [6, 6.07) is 4.82.